The van der Waals surface area contributed by atoms with Crippen molar-refractivity contribution in [1.82, 2.24) is 5.32 Å². The predicted octanol–water partition coefficient (Wildman–Crippen LogP) is 5.46. The second-order valence-corrected chi connectivity index (χ2v) is 5.98. The van der Waals surface area contributed by atoms with Gasteiger partial charge in [-0.05, 0) is 44.0 Å². The molecule has 0 amide bonds. The SMILES string of the molecule is Cc1ccc(C)c(C(C)NCc2c(Cl)cccc2Cl)c1. The first-order valence-electron chi connectivity index (χ1n) is 6.72. The minimum Gasteiger partial charge on any atom is -0.306 e. The summed E-state index contributed by atoms with van der Waals surface area (Å²) in [6.45, 7) is 7.07. The number of halogens is 2. The van der Waals surface area contributed by atoms with Crippen LogP contribution in [0.3, 0.4) is 0 Å². The van der Waals surface area contributed by atoms with Crippen LogP contribution in [0.4, 0.5) is 0 Å². The van der Waals surface area contributed by atoms with Gasteiger partial charge in [-0.2, -0.15) is 0 Å². The molecule has 0 spiro atoms. The molecule has 20 heavy (non-hydrogen) atoms. The smallest absolute Gasteiger partial charge is 0.0465 e. The number of hydrogen-bond donors (Lipinski definition) is 1. The van der Waals surface area contributed by atoms with Crippen molar-refractivity contribution in [2.45, 2.75) is 33.4 Å². The lowest BCUT2D eigenvalue weighted by molar-refractivity contribution is 0.572. The van der Waals surface area contributed by atoms with E-state index in [4.69, 9.17) is 23.2 Å². The average Bonchev–Trinajstić information content (AvgIpc) is 2.40. The van der Waals surface area contributed by atoms with Crippen LogP contribution in [0.5, 0.6) is 0 Å². The number of hydrogen-bond acceptors (Lipinski definition) is 1. The molecule has 1 unspecified atom stereocenters. The first kappa shape index (κ1) is 15.4. The lowest BCUT2D eigenvalue weighted by Gasteiger charge is -2.18. The fourth-order valence-electron chi connectivity index (χ4n) is 2.29. The van der Waals surface area contributed by atoms with Gasteiger partial charge in [0.15, 0.2) is 0 Å². The van der Waals surface area contributed by atoms with Gasteiger partial charge >= 0.3 is 0 Å². The van der Waals surface area contributed by atoms with Gasteiger partial charge in [-0.25, -0.2) is 0 Å². The van der Waals surface area contributed by atoms with Crippen LogP contribution in [-0.4, -0.2) is 0 Å². The molecule has 0 aliphatic rings. The van der Waals surface area contributed by atoms with Crippen LogP contribution in [0, 0.1) is 13.8 Å². The maximum absolute atomic E-state index is 6.19. The molecule has 2 rings (SSSR count). The predicted molar refractivity (Wildman–Crippen MR) is 87.6 cm³/mol. The standard InChI is InChI=1S/C17H19Cl2N/c1-11-7-8-12(2)14(9-11)13(3)20-10-15-16(18)5-4-6-17(15)19/h4-9,13,20H,10H2,1-3H3. The fraction of sp³-hybridized carbons (Fsp3) is 0.294. The van der Waals surface area contributed by atoms with Crippen molar-refractivity contribution in [1.29, 1.82) is 0 Å². The maximum Gasteiger partial charge on any atom is 0.0465 e. The summed E-state index contributed by atoms with van der Waals surface area (Å²) in [4.78, 5) is 0. The van der Waals surface area contributed by atoms with Gasteiger partial charge in [-0.1, -0.05) is 53.0 Å². The van der Waals surface area contributed by atoms with Gasteiger partial charge < -0.3 is 5.32 Å². The quantitative estimate of drug-likeness (QED) is 0.790. The van der Waals surface area contributed by atoms with Crippen molar-refractivity contribution in [3.63, 3.8) is 0 Å². The highest BCUT2D eigenvalue weighted by Gasteiger charge is 2.11. The minimum atomic E-state index is 0.252. The van der Waals surface area contributed by atoms with Gasteiger partial charge in [0.25, 0.3) is 0 Å². The summed E-state index contributed by atoms with van der Waals surface area (Å²) < 4.78 is 0. The third kappa shape index (κ3) is 3.54. The number of nitrogens with one attached hydrogen (secondary N) is 1. The van der Waals surface area contributed by atoms with Crippen molar-refractivity contribution in [3.05, 3.63) is 68.7 Å². The number of rotatable bonds is 4. The Balaban J connectivity index is 2.13. The molecule has 106 valence electrons. The minimum absolute atomic E-state index is 0.252. The highest BCUT2D eigenvalue weighted by atomic mass is 35.5. The Hall–Kier alpha value is -1.02. The molecule has 1 atom stereocenters. The fourth-order valence-corrected chi connectivity index (χ4v) is 2.82. The summed E-state index contributed by atoms with van der Waals surface area (Å²) in [7, 11) is 0. The van der Waals surface area contributed by atoms with Crippen LogP contribution < -0.4 is 5.32 Å². The Labute approximate surface area is 130 Å². The van der Waals surface area contributed by atoms with Crippen molar-refractivity contribution in [2.24, 2.45) is 0 Å². The third-order valence-corrected chi connectivity index (χ3v) is 4.26. The Morgan fingerprint density at radius 3 is 2.35 bits per heavy atom. The molecule has 0 saturated heterocycles. The lowest BCUT2D eigenvalue weighted by Crippen LogP contribution is -2.19. The molecular formula is C17H19Cl2N. The molecule has 0 bridgehead atoms. The highest BCUT2D eigenvalue weighted by Crippen LogP contribution is 2.25. The van der Waals surface area contributed by atoms with E-state index in [1.807, 2.05) is 18.2 Å². The van der Waals surface area contributed by atoms with Crippen molar-refractivity contribution in [2.75, 3.05) is 0 Å². The molecule has 0 saturated carbocycles. The van der Waals surface area contributed by atoms with Gasteiger partial charge in [-0.3, -0.25) is 0 Å². The molecule has 0 radical (unpaired) electrons. The zero-order chi connectivity index (χ0) is 14.7. The van der Waals surface area contributed by atoms with E-state index in [2.05, 4.69) is 44.3 Å². The summed E-state index contributed by atoms with van der Waals surface area (Å²) in [6.07, 6.45) is 0. The highest BCUT2D eigenvalue weighted by molar-refractivity contribution is 6.35. The van der Waals surface area contributed by atoms with Crippen molar-refractivity contribution >= 4 is 23.2 Å². The molecule has 3 heteroatoms. The van der Waals surface area contributed by atoms with Crippen LogP contribution in [0.1, 0.15) is 35.2 Å². The molecular weight excluding hydrogens is 289 g/mol. The molecule has 2 aromatic rings. The van der Waals surface area contributed by atoms with Crippen LogP contribution in [-0.2, 0) is 6.54 Å². The Bertz CT molecular complexity index is 588. The number of aryl methyl sites for hydroxylation is 2. The largest absolute Gasteiger partial charge is 0.306 e. The van der Waals surface area contributed by atoms with Crippen molar-refractivity contribution in [3.8, 4) is 0 Å². The zero-order valence-electron chi connectivity index (χ0n) is 12.0. The molecule has 1 nitrogen and oxygen atoms in total. The van der Waals surface area contributed by atoms with E-state index >= 15 is 0 Å². The second-order valence-electron chi connectivity index (χ2n) is 5.16. The Morgan fingerprint density at radius 2 is 1.70 bits per heavy atom. The normalized spacial score (nSPS) is 12.4. The first-order chi connectivity index (χ1) is 9.49. The summed E-state index contributed by atoms with van der Waals surface area (Å²) in [5.41, 5.74) is 4.83. The second kappa shape index (κ2) is 6.62. The van der Waals surface area contributed by atoms with Crippen LogP contribution in [0.15, 0.2) is 36.4 Å². The molecule has 0 aromatic heterocycles. The van der Waals surface area contributed by atoms with E-state index in [0.29, 0.717) is 16.6 Å². The molecule has 2 aromatic carbocycles. The summed E-state index contributed by atoms with van der Waals surface area (Å²) >= 11 is 12.4. The van der Waals surface area contributed by atoms with E-state index in [1.54, 1.807) is 0 Å². The molecule has 0 fully saturated rings. The van der Waals surface area contributed by atoms with E-state index < -0.39 is 0 Å². The van der Waals surface area contributed by atoms with Gasteiger partial charge in [0, 0.05) is 28.2 Å². The summed E-state index contributed by atoms with van der Waals surface area (Å²) in [6, 6.07) is 12.4. The van der Waals surface area contributed by atoms with Crippen LogP contribution >= 0.6 is 23.2 Å². The number of benzene rings is 2. The Morgan fingerprint density at radius 1 is 1.05 bits per heavy atom. The third-order valence-electron chi connectivity index (χ3n) is 3.55. The molecule has 0 aliphatic carbocycles. The Kier molecular flexibility index (Phi) is 5.09. The van der Waals surface area contributed by atoms with E-state index in [0.717, 1.165) is 5.56 Å². The van der Waals surface area contributed by atoms with E-state index in [9.17, 15) is 0 Å². The van der Waals surface area contributed by atoms with Crippen molar-refractivity contribution < 1.29 is 0 Å². The van der Waals surface area contributed by atoms with Gasteiger partial charge in [0.05, 0.1) is 0 Å². The zero-order valence-corrected chi connectivity index (χ0v) is 13.5. The van der Waals surface area contributed by atoms with Crippen LogP contribution in [0.25, 0.3) is 0 Å². The molecule has 0 aliphatic heterocycles. The monoisotopic (exact) mass is 307 g/mol. The van der Waals surface area contributed by atoms with E-state index in [1.165, 1.54) is 16.7 Å². The summed E-state index contributed by atoms with van der Waals surface area (Å²) in [5, 5.41) is 4.91. The van der Waals surface area contributed by atoms with Crippen LogP contribution in [0.2, 0.25) is 10.0 Å². The lowest BCUT2D eigenvalue weighted by atomic mass is 10.00. The van der Waals surface area contributed by atoms with Gasteiger partial charge in [0.1, 0.15) is 0 Å². The topological polar surface area (TPSA) is 12.0 Å². The van der Waals surface area contributed by atoms with Gasteiger partial charge in [0.2, 0.25) is 0 Å². The van der Waals surface area contributed by atoms with E-state index in [-0.39, 0.29) is 6.04 Å². The summed E-state index contributed by atoms with van der Waals surface area (Å²) in [5.74, 6) is 0. The first-order valence-corrected chi connectivity index (χ1v) is 7.48. The average molecular weight is 308 g/mol. The molecule has 1 N–H and O–H groups in total. The van der Waals surface area contributed by atoms with Gasteiger partial charge in [-0.15, -0.1) is 0 Å². The molecule has 0 heterocycles. The maximum atomic E-state index is 6.19.